The molecule has 0 saturated heterocycles. The Morgan fingerprint density at radius 2 is 1.32 bits per heavy atom. The second kappa shape index (κ2) is 6.69. The summed E-state index contributed by atoms with van der Waals surface area (Å²) in [4.78, 5) is 1.50. The van der Waals surface area contributed by atoms with Gasteiger partial charge in [-0.15, -0.1) is 0 Å². The molecule has 96 valence electrons. The van der Waals surface area contributed by atoms with Gasteiger partial charge in [-0.2, -0.15) is 0 Å². The van der Waals surface area contributed by atoms with Gasteiger partial charge in [0.15, 0.2) is 0 Å². The van der Waals surface area contributed by atoms with Crippen molar-refractivity contribution in [2.75, 3.05) is 0 Å². The van der Waals surface area contributed by atoms with Gasteiger partial charge < -0.3 is 0 Å². The molecular weight excluding hydrogens is 268 g/mol. The normalized spacial score (nSPS) is 10.2. The molecule has 0 saturated carbocycles. The van der Waals surface area contributed by atoms with E-state index in [2.05, 4.69) is 31.2 Å². The minimum absolute atomic E-state index is 0.749. The van der Waals surface area contributed by atoms with Gasteiger partial charge in [-0.1, -0.05) is 92.4 Å². The van der Waals surface area contributed by atoms with Crippen LogP contribution in [0.15, 0.2) is 54.6 Å². The van der Waals surface area contributed by atoms with Crippen molar-refractivity contribution in [1.29, 1.82) is 0 Å². The van der Waals surface area contributed by atoms with Gasteiger partial charge in [0.2, 0.25) is 0 Å². The van der Waals surface area contributed by atoms with Crippen molar-refractivity contribution in [3.8, 4) is 0 Å². The summed E-state index contributed by atoms with van der Waals surface area (Å²) in [6, 6.07) is 18.4. The quantitative estimate of drug-likeness (QED) is 0.572. The molecule has 0 fully saturated rings. The summed E-state index contributed by atoms with van der Waals surface area (Å²) in [6.07, 6.45) is 2.27. The van der Waals surface area contributed by atoms with Gasteiger partial charge >= 0.3 is 0 Å². The van der Waals surface area contributed by atoms with Gasteiger partial charge in [0, 0.05) is 0 Å². The molecule has 0 heterocycles. The van der Waals surface area contributed by atoms with Crippen molar-refractivity contribution in [3.63, 3.8) is 0 Å². The number of hydrogen-bond donors (Lipinski definition) is 0. The fraction of sp³-hybridized carbons (Fsp3) is 0.176. The van der Waals surface area contributed by atoms with Crippen molar-refractivity contribution < 1.29 is 0 Å². The molecule has 0 atom stereocenters. The molecule has 0 N–H and O–H groups in total. The SMILES string of the molecule is CCCc1ccc(C(=S)C(=S)c2ccccc2)cc1. The second-order valence-corrected chi connectivity index (χ2v) is 5.29. The lowest BCUT2D eigenvalue weighted by atomic mass is 10.0. The Hall–Kier alpha value is -1.38. The maximum absolute atomic E-state index is 5.49. The van der Waals surface area contributed by atoms with Gasteiger partial charge in [0.05, 0.1) is 9.73 Å². The summed E-state index contributed by atoms with van der Waals surface area (Å²) >= 11 is 11.0. The van der Waals surface area contributed by atoms with Crippen LogP contribution in [0, 0.1) is 0 Å². The zero-order valence-corrected chi connectivity index (χ0v) is 12.6. The third kappa shape index (κ3) is 3.55. The Kier molecular flexibility index (Phi) is 4.94. The fourth-order valence-corrected chi connectivity index (χ4v) is 2.47. The summed E-state index contributed by atoms with van der Waals surface area (Å²) in [5.41, 5.74) is 3.39. The van der Waals surface area contributed by atoms with Crippen molar-refractivity contribution >= 4 is 34.2 Å². The number of thiocarbonyl (C=S) groups is 2. The number of rotatable bonds is 5. The van der Waals surface area contributed by atoms with Crippen LogP contribution < -0.4 is 0 Å². The second-order valence-electron chi connectivity index (χ2n) is 4.47. The highest BCUT2D eigenvalue weighted by Gasteiger charge is 2.09. The molecular formula is C17H16S2. The maximum atomic E-state index is 5.49. The van der Waals surface area contributed by atoms with Crippen LogP contribution in [-0.4, -0.2) is 9.73 Å². The van der Waals surface area contributed by atoms with Crippen LogP contribution in [-0.2, 0) is 6.42 Å². The van der Waals surface area contributed by atoms with E-state index >= 15 is 0 Å². The smallest absolute Gasteiger partial charge is 0.0636 e. The van der Waals surface area contributed by atoms with Crippen LogP contribution in [0.2, 0.25) is 0 Å². The molecule has 0 radical (unpaired) electrons. The lowest BCUT2D eigenvalue weighted by Crippen LogP contribution is -2.11. The average molecular weight is 284 g/mol. The lowest BCUT2D eigenvalue weighted by molar-refractivity contribution is 0.922. The molecule has 19 heavy (non-hydrogen) atoms. The van der Waals surface area contributed by atoms with E-state index < -0.39 is 0 Å². The van der Waals surface area contributed by atoms with Crippen LogP contribution in [0.4, 0.5) is 0 Å². The molecule has 0 amide bonds. The first kappa shape index (κ1) is 14.0. The largest absolute Gasteiger partial charge is 0.0778 e. The molecule has 0 spiro atoms. The Morgan fingerprint density at radius 3 is 1.84 bits per heavy atom. The van der Waals surface area contributed by atoms with E-state index in [9.17, 15) is 0 Å². The van der Waals surface area contributed by atoms with Crippen LogP contribution in [0.3, 0.4) is 0 Å². The van der Waals surface area contributed by atoms with E-state index in [1.54, 1.807) is 0 Å². The number of benzene rings is 2. The van der Waals surface area contributed by atoms with E-state index in [-0.39, 0.29) is 0 Å². The van der Waals surface area contributed by atoms with Crippen LogP contribution in [0.5, 0.6) is 0 Å². The highest BCUT2D eigenvalue weighted by Crippen LogP contribution is 2.12. The van der Waals surface area contributed by atoms with E-state index in [4.69, 9.17) is 24.4 Å². The van der Waals surface area contributed by atoms with Crippen molar-refractivity contribution in [2.45, 2.75) is 19.8 Å². The molecule has 2 aromatic carbocycles. The maximum Gasteiger partial charge on any atom is 0.0636 e. The standard InChI is InChI=1S/C17H16S2/c1-2-6-13-9-11-15(12-10-13)17(19)16(18)14-7-4-3-5-8-14/h3-5,7-12H,2,6H2,1H3. The fourth-order valence-electron chi connectivity index (χ4n) is 1.96. The molecule has 0 aliphatic carbocycles. The summed E-state index contributed by atoms with van der Waals surface area (Å²) < 4.78 is 0. The molecule has 0 unspecified atom stereocenters. The van der Waals surface area contributed by atoms with Crippen molar-refractivity contribution in [1.82, 2.24) is 0 Å². The predicted octanol–water partition coefficient (Wildman–Crippen LogP) is 4.78. The molecule has 0 bridgehead atoms. The van der Waals surface area contributed by atoms with Gasteiger partial charge in [-0.3, -0.25) is 0 Å². The van der Waals surface area contributed by atoms with Crippen LogP contribution >= 0.6 is 24.4 Å². The van der Waals surface area contributed by atoms with Gasteiger partial charge in [-0.25, -0.2) is 0 Å². The summed E-state index contributed by atoms with van der Waals surface area (Å²) in [6.45, 7) is 2.18. The van der Waals surface area contributed by atoms with E-state index in [1.165, 1.54) is 5.56 Å². The first-order valence-corrected chi connectivity index (χ1v) is 7.27. The van der Waals surface area contributed by atoms with Crippen molar-refractivity contribution in [2.24, 2.45) is 0 Å². The van der Waals surface area contributed by atoms with Gasteiger partial charge in [-0.05, 0) is 23.1 Å². The monoisotopic (exact) mass is 284 g/mol. The predicted molar refractivity (Wildman–Crippen MR) is 90.3 cm³/mol. The molecule has 2 rings (SSSR count). The summed E-state index contributed by atoms with van der Waals surface area (Å²) in [5, 5.41) is 0. The minimum Gasteiger partial charge on any atom is -0.0778 e. The third-order valence-electron chi connectivity index (χ3n) is 3.00. The lowest BCUT2D eigenvalue weighted by Gasteiger charge is -2.07. The molecule has 0 aromatic heterocycles. The van der Waals surface area contributed by atoms with Gasteiger partial charge in [0.25, 0.3) is 0 Å². The highest BCUT2D eigenvalue weighted by atomic mass is 32.1. The molecule has 0 aliphatic heterocycles. The Bertz CT molecular complexity index is 568. The first-order chi connectivity index (χ1) is 9.22. The molecule has 0 nitrogen and oxygen atoms in total. The zero-order chi connectivity index (χ0) is 13.7. The number of hydrogen-bond acceptors (Lipinski definition) is 2. The van der Waals surface area contributed by atoms with Gasteiger partial charge in [0.1, 0.15) is 0 Å². The summed E-state index contributed by atoms with van der Waals surface area (Å²) in [5.74, 6) is 0. The summed E-state index contributed by atoms with van der Waals surface area (Å²) in [7, 11) is 0. The first-order valence-electron chi connectivity index (χ1n) is 6.45. The molecule has 0 aliphatic rings. The highest BCUT2D eigenvalue weighted by molar-refractivity contribution is 7.90. The zero-order valence-electron chi connectivity index (χ0n) is 10.9. The van der Waals surface area contributed by atoms with E-state index in [0.29, 0.717) is 0 Å². The van der Waals surface area contributed by atoms with E-state index in [0.717, 1.165) is 33.7 Å². The van der Waals surface area contributed by atoms with E-state index in [1.807, 2.05) is 30.3 Å². The van der Waals surface area contributed by atoms with Crippen LogP contribution in [0.25, 0.3) is 0 Å². The Morgan fingerprint density at radius 1 is 0.789 bits per heavy atom. The Labute approximate surface area is 125 Å². The van der Waals surface area contributed by atoms with Crippen molar-refractivity contribution in [3.05, 3.63) is 71.3 Å². The Balaban J connectivity index is 2.18. The van der Waals surface area contributed by atoms with Crippen LogP contribution in [0.1, 0.15) is 30.0 Å². The number of aryl methyl sites for hydroxylation is 1. The third-order valence-corrected chi connectivity index (χ3v) is 4.01. The minimum atomic E-state index is 0.749. The molecule has 2 heteroatoms. The molecule has 2 aromatic rings. The average Bonchev–Trinajstić information content (AvgIpc) is 2.48. The topological polar surface area (TPSA) is 0 Å².